The van der Waals surface area contributed by atoms with E-state index >= 15 is 0 Å². The molecule has 11 heavy (non-hydrogen) atoms. The van der Waals surface area contributed by atoms with Gasteiger partial charge in [0.25, 0.3) is 0 Å². The van der Waals surface area contributed by atoms with E-state index in [0.29, 0.717) is 2.56 Å². The van der Waals surface area contributed by atoms with Crippen LogP contribution in [0.25, 0.3) is 0 Å². The third kappa shape index (κ3) is 3.02. The van der Waals surface area contributed by atoms with Gasteiger partial charge in [-0.2, -0.15) is 0 Å². The van der Waals surface area contributed by atoms with E-state index in [2.05, 4.69) is 63.4 Å². The Balaban J connectivity index is 2.47. The van der Waals surface area contributed by atoms with Crippen molar-refractivity contribution in [3.63, 3.8) is 0 Å². The molecule has 4 heteroatoms. The molecule has 0 N–H and O–H groups in total. The van der Waals surface area contributed by atoms with Crippen LogP contribution in [0.3, 0.4) is 0 Å². The molecule has 1 fully saturated rings. The minimum Gasteiger partial charge on any atom is -0.321 e. The second kappa shape index (κ2) is 4.65. The first-order valence-electron chi connectivity index (χ1n) is 4.15. The van der Waals surface area contributed by atoms with Crippen LogP contribution in [0.15, 0.2) is 0 Å². The van der Waals surface area contributed by atoms with Crippen LogP contribution in [0.5, 0.6) is 0 Å². The molecule has 1 aliphatic heterocycles. The van der Waals surface area contributed by atoms with Crippen LogP contribution >= 0.6 is 44.7 Å². The molecule has 0 aromatic rings. The van der Waals surface area contributed by atoms with Gasteiger partial charge in [0.1, 0.15) is 0 Å². The third-order valence-corrected chi connectivity index (χ3v) is 3.85. The summed E-state index contributed by atoms with van der Waals surface area (Å²) >= 11 is 5.00. The van der Waals surface area contributed by atoms with Crippen molar-refractivity contribution in [1.82, 2.24) is 4.81 Å². The van der Waals surface area contributed by atoms with Gasteiger partial charge in [0.05, 0.1) is 0 Å². The Labute approximate surface area is 96.5 Å². The molecule has 1 aliphatic rings. The van der Waals surface area contributed by atoms with E-state index in [-0.39, 0.29) is 0 Å². The number of piperidine rings is 1. The molecule has 0 aliphatic carbocycles. The maximum absolute atomic E-state index is 2.59. The van der Waals surface area contributed by atoms with Gasteiger partial charge in [0.15, 0.2) is 0 Å². The van der Waals surface area contributed by atoms with E-state index < -0.39 is 0 Å². The van der Waals surface area contributed by atoms with E-state index in [1.807, 2.05) is 0 Å². The monoisotopic (exact) mass is 377 g/mol. The smallest absolute Gasteiger partial charge is 0.321 e. The Morgan fingerprint density at radius 1 is 1.27 bits per heavy atom. The summed E-state index contributed by atoms with van der Waals surface area (Å²) in [6.45, 7) is 5.99. The number of nitrogens with zero attached hydrogens (tertiary/aromatic N) is 1. The summed E-state index contributed by atoms with van der Waals surface area (Å²) in [6.07, 6.45) is 2.79. The zero-order chi connectivity index (χ0) is 8.43. The molecule has 2 unspecified atom stereocenters. The molecule has 1 heterocycles. The average molecular weight is 377 g/mol. The molecule has 1 nitrogen and oxygen atoms in total. The molecule has 0 spiro atoms. The van der Waals surface area contributed by atoms with Crippen molar-refractivity contribution in [3.05, 3.63) is 0 Å². The van der Waals surface area contributed by atoms with Gasteiger partial charge in [-0.3, -0.25) is 0 Å². The highest BCUT2D eigenvalue weighted by atomic mass is 127. The Morgan fingerprint density at radius 2 is 1.91 bits per heavy atom. The molecule has 0 aromatic heterocycles. The third-order valence-electron chi connectivity index (χ3n) is 2.42. The van der Waals surface area contributed by atoms with Crippen LogP contribution < -0.4 is 0 Å². The van der Waals surface area contributed by atoms with Crippen molar-refractivity contribution in [2.24, 2.45) is 5.92 Å². The first kappa shape index (κ1) is 10.6. The summed E-state index contributed by atoms with van der Waals surface area (Å²) in [6, 6.07) is 0.796. The van der Waals surface area contributed by atoms with Crippen LogP contribution in [0, 0.1) is 5.92 Å². The van der Waals surface area contributed by atoms with Gasteiger partial charge in [0, 0.05) is 0 Å². The van der Waals surface area contributed by atoms with Crippen LogP contribution in [0.4, 0.5) is 0 Å². The second-order valence-corrected chi connectivity index (χ2v) is 8.25. The fraction of sp³-hybridized carbons (Fsp3) is 1.00. The van der Waals surface area contributed by atoms with Crippen LogP contribution in [-0.4, -0.2) is 20.0 Å². The summed E-state index contributed by atoms with van der Waals surface area (Å²) in [4.78, 5) is 2.59. The van der Waals surface area contributed by atoms with Gasteiger partial charge in [-0.15, -0.1) is 44.7 Å². The SMILES string of the molecule is CC1CCC(C)N(B(I)I)C1. The Morgan fingerprint density at radius 3 is 2.36 bits per heavy atom. The lowest BCUT2D eigenvalue weighted by Crippen LogP contribution is -2.45. The summed E-state index contributed by atoms with van der Waals surface area (Å²) in [5.74, 6) is 0.901. The van der Waals surface area contributed by atoms with E-state index in [9.17, 15) is 0 Å². The van der Waals surface area contributed by atoms with Gasteiger partial charge in [0.2, 0.25) is 0 Å². The second-order valence-electron chi connectivity index (χ2n) is 3.51. The highest BCUT2D eigenvalue weighted by molar-refractivity contribution is 14.3. The molecule has 64 valence electrons. The van der Waals surface area contributed by atoms with Crippen LogP contribution in [0.2, 0.25) is 0 Å². The van der Waals surface area contributed by atoms with Crippen LogP contribution in [-0.2, 0) is 0 Å². The van der Waals surface area contributed by atoms with E-state index in [0.717, 1.165) is 12.0 Å². The Kier molecular flexibility index (Phi) is 4.46. The Bertz CT molecular complexity index is 132. The molecule has 2 atom stereocenters. The maximum atomic E-state index is 2.59. The van der Waals surface area contributed by atoms with E-state index in [4.69, 9.17) is 0 Å². The highest BCUT2D eigenvalue weighted by Crippen LogP contribution is 2.25. The topological polar surface area (TPSA) is 3.24 Å². The fourth-order valence-electron chi connectivity index (χ4n) is 1.59. The highest BCUT2D eigenvalue weighted by Gasteiger charge is 2.27. The normalized spacial score (nSPS) is 33.8. The minimum absolute atomic E-state index is 0.669. The van der Waals surface area contributed by atoms with Crippen molar-refractivity contribution >= 4 is 47.3 Å². The van der Waals surface area contributed by atoms with Crippen molar-refractivity contribution in [2.75, 3.05) is 6.54 Å². The first-order chi connectivity index (χ1) is 5.11. The molecule has 0 radical (unpaired) electrons. The predicted molar refractivity (Wildman–Crippen MR) is 68.4 cm³/mol. The Hall–Kier alpha value is 1.48. The van der Waals surface area contributed by atoms with Gasteiger partial charge in [-0.05, 0) is 31.3 Å². The van der Waals surface area contributed by atoms with E-state index in [1.54, 1.807) is 0 Å². The number of hydrogen-bond acceptors (Lipinski definition) is 1. The standard InChI is InChI=1S/C7H14BI2N/c1-6-3-4-7(2)11(5-6)8(9)10/h6-7H,3-5H2,1-2H3. The van der Waals surface area contributed by atoms with Gasteiger partial charge < -0.3 is 4.81 Å². The van der Waals surface area contributed by atoms with Crippen molar-refractivity contribution in [3.8, 4) is 0 Å². The predicted octanol–water partition coefficient (Wildman–Crippen LogP) is 2.96. The molecule has 0 saturated carbocycles. The summed E-state index contributed by atoms with van der Waals surface area (Å²) in [7, 11) is 0. The molecular formula is C7H14BI2N. The van der Waals surface area contributed by atoms with Crippen molar-refractivity contribution in [1.29, 1.82) is 0 Å². The van der Waals surface area contributed by atoms with Gasteiger partial charge >= 0.3 is 2.56 Å². The lowest BCUT2D eigenvalue weighted by Gasteiger charge is -2.37. The number of hydrogen-bond donors (Lipinski definition) is 0. The van der Waals surface area contributed by atoms with E-state index in [1.165, 1.54) is 19.4 Å². The van der Waals surface area contributed by atoms with Gasteiger partial charge in [-0.1, -0.05) is 13.8 Å². The minimum atomic E-state index is 0.669. The zero-order valence-electron chi connectivity index (χ0n) is 7.06. The maximum Gasteiger partial charge on any atom is 0.369 e. The molecular weight excluding hydrogens is 363 g/mol. The van der Waals surface area contributed by atoms with Gasteiger partial charge in [-0.25, -0.2) is 0 Å². The lowest BCUT2D eigenvalue weighted by atomic mass is 9.92. The number of rotatable bonds is 1. The fourth-order valence-corrected chi connectivity index (χ4v) is 3.15. The molecule has 1 rings (SSSR count). The average Bonchev–Trinajstić information content (AvgIpc) is 1.94. The summed E-state index contributed by atoms with van der Waals surface area (Å²) < 4.78 is 0.669. The summed E-state index contributed by atoms with van der Waals surface area (Å²) in [5.41, 5.74) is 0. The lowest BCUT2D eigenvalue weighted by molar-refractivity contribution is 0.224. The quantitative estimate of drug-likeness (QED) is 0.502. The van der Waals surface area contributed by atoms with Crippen LogP contribution in [0.1, 0.15) is 26.7 Å². The summed E-state index contributed by atoms with van der Waals surface area (Å²) in [5, 5.41) is 0. The molecule has 0 aromatic carbocycles. The molecule has 0 amide bonds. The molecule has 1 saturated heterocycles. The zero-order valence-corrected chi connectivity index (χ0v) is 11.4. The van der Waals surface area contributed by atoms with Crippen molar-refractivity contribution in [2.45, 2.75) is 32.7 Å². The largest absolute Gasteiger partial charge is 0.369 e. The molecule has 0 bridgehead atoms. The number of halogens is 2. The first-order valence-corrected chi connectivity index (χ1v) is 6.64. The van der Waals surface area contributed by atoms with Crippen molar-refractivity contribution < 1.29 is 0 Å².